The van der Waals surface area contributed by atoms with E-state index in [2.05, 4.69) is 15.3 Å². The Kier molecular flexibility index (Phi) is 15.0. The number of thiazole rings is 1. The molecule has 0 spiro atoms. The van der Waals surface area contributed by atoms with Gasteiger partial charge in [-0.3, -0.25) is 14.4 Å². The summed E-state index contributed by atoms with van der Waals surface area (Å²) >= 11 is 1.31. The number of hydrogen-bond donors (Lipinski definition) is 7. The number of carbonyl (C=O) groups excluding carboxylic acids is 2. The van der Waals surface area contributed by atoms with Crippen molar-refractivity contribution in [2.75, 3.05) is 26.4 Å². The first-order valence-electron chi connectivity index (χ1n) is 18.8. The van der Waals surface area contributed by atoms with Crippen LogP contribution in [0.15, 0.2) is 35.8 Å². The molecule has 0 bridgehead atoms. The molecule has 3 aliphatic heterocycles. The third kappa shape index (κ3) is 10.4. The van der Waals surface area contributed by atoms with E-state index in [4.69, 9.17) is 23.7 Å². The number of aromatic nitrogens is 4. The summed E-state index contributed by atoms with van der Waals surface area (Å²) in [7, 11) is 0. The summed E-state index contributed by atoms with van der Waals surface area (Å²) in [5.74, 6) is -0.740. The summed E-state index contributed by atoms with van der Waals surface area (Å²) in [5.41, 5.74) is 0.995. The van der Waals surface area contributed by atoms with Gasteiger partial charge in [-0.15, -0.1) is 16.4 Å². The quantitative estimate of drug-likeness (QED) is 0.0685. The Morgan fingerprint density at radius 1 is 0.895 bits per heavy atom. The number of unbranched alkanes of at least 4 members (excludes halogenated alkanes) is 3. The third-order valence-electron chi connectivity index (χ3n) is 10.1. The average Bonchev–Trinajstić information content (AvgIpc) is 4.01. The van der Waals surface area contributed by atoms with Crippen LogP contribution in [-0.4, -0.2) is 160 Å². The van der Waals surface area contributed by atoms with E-state index in [0.29, 0.717) is 42.2 Å². The number of halogens is 1. The van der Waals surface area contributed by atoms with Crippen molar-refractivity contribution in [1.82, 2.24) is 24.9 Å². The fourth-order valence-corrected chi connectivity index (χ4v) is 7.83. The van der Waals surface area contributed by atoms with Crippen LogP contribution in [0.3, 0.4) is 0 Å². The van der Waals surface area contributed by atoms with E-state index in [-0.39, 0.29) is 30.7 Å². The summed E-state index contributed by atoms with van der Waals surface area (Å²) in [4.78, 5) is 31.8. The van der Waals surface area contributed by atoms with Crippen LogP contribution in [0.4, 0.5) is 9.18 Å². The number of likely N-dealkylation sites (tertiary alicyclic amines) is 1. The van der Waals surface area contributed by atoms with Gasteiger partial charge in [-0.1, -0.05) is 11.6 Å². The monoisotopic (exact) mass is 825 g/mol. The van der Waals surface area contributed by atoms with E-state index < -0.39 is 86.5 Å². The van der Waals surface area contributed by atoms with Gasteiger partial charge in [0.25, 0.3) is 0 Å². The highest BCUT2D eigenvalue weighted by Crippen LogP contribution is 2.35. The first-order valence-corrected chi connectivity index (χ1v) is 19.6. The van der Waals surface area contributed by atoms with Crippen LogP contribution >= 0.6 is 11.3 Å². The van der Waals surface area contributed by atoms with Crippen LogP contribution < -0.4 is 0 Å². The van der Waals surface area contributed by atoms with Crippen molar-refractivity contribution < 1.29 is 73.4 Å². The van der Waals surface area contributed by atoms with Crippen LogP contribution in [0.5, 0.6) is 0 Å². The average molecular weight is 826 g/mol. The number of aliphatic hydroxyl groups excluding tert-OH is 7. The van der Waals surface area contributed by atoms with Gasteiger partial charge < -0.3 is 59.4 Å². The van der Waals surface area contributed by atoms with E-state index in [0.717, 1.165) is 25.7 Å². The summed E-state index contributed by atoms with van der Waals surface area (Å²) in [6.45, 7) is -0.227. The predicted molar refractivity (Wildman–Crippen MR) is 192 cm³/mol. The van der Waals surface area contributed by atoms with Gasteiger partial charge in [0.05, 0.1) is 38.7 Å². The number of hydrogen-bond acceptors (Lipinski definition) is 18. The number of aliphatic hydroxyl groups is 7. The molecule has 0 saturated carbocycles. The summed E-state index contributed by atoms with van der Waals surface area (Å²) in [6, 6.07) is 5.00. The molecular formula is C36H48FN5O14S. The smallest absolute Gasteiger partial charge is 0.410 e. The Morgan fingerprint density at radius 3 is 2.37 bits per heavy atom. The first-order chi connectivity index (χ1) is 27.5. The molecule has 57 heavy (non-hydrogen) atoms. The molecular weight excluding hydrogens is 777 g/mol. The van der Waals surface area contributed by atoms with Gasteiger partial charge in [0.15, 0.2) is 12.6 Å². The van der Waals surface area contributed by atoms with Gasteiger partial charge in [0.2, 0.25) is 5.78 Å². The van der Waals surface area contributed by atoms with Gasteiger partial charge in [0.1, 0.15) is 71.0 Å². The number of carbonyl (C=O) groups is 2. The zero-order chi connectivity index (χ0) is 40.6. The Labute approximate surface area is 330 Å². The second-order valence-electron chi connectivity index (χ2n) is 14.1. The summed E-state index contributed by atoms with van der Waals surface area (Å²) < 4.78 is 42.6. The van der Waals surface area contributed by atoms with Gasteiger partial charge in [-0.05, 0) is 56.4 Å². The highest BCUT2D eigenvalue weighted by atomic mass is 32.1. The number of rotatable bonds is 17. The number of amides is 1. The maximum absolute atomic E-state index is 13.3. The van der Waals surface area contributed by atoms with E-state index in [1.165, 1.54) is 35.6 Å². The molecule has 4 unspecified atom stereocenters. The molecule has 5 heterocycles. The van der Waals surface area contributed by atoms with Crippen LogP contribution in [0, 0.1) is 5.82 Å². The molecule has 314 valence electrons. The molecule has 0 radical (unpaired) electrons. The highest BCUT2D eigenvalue weighted by Gasteiger charge is 2.50. The molecule has 2 aromatic heterocycles. The fraction of sp³-hybridized carbons (Fsp3) is 0.639. The molecule has 11 atom stereocenters. The van der Waals surface area contributed by atoms with Gasteiger partial charge in [-0.25, -0.2) is 14.2 Å². The zero-order valence-corrected chi connectivity index (χ0v) is 31.6. The van der Waals surface area contributed by atoms with Crippen molar-refractivity contribution in [2.45, 2.75) is 119 Å². The molecule has 1 amide bonds. The fourth-order valence-electron chi connectivity index (χ4n) is 6.88. The lowest BCUT2D eigenvalue weighted by Crippen LogP contribution is -2.64. The maximum atomic E-state index is 13.3. The molecule has 21 heteroatoms. The third-order valence-corrected chi connectivity index (χ3v) is 11.0. The minimum absolute atomic E-state index is 0.161. The Morgan fingerprint density at radius 2 is 1.61 bits per heavy atom. The van der Waals surface area contributed by atoms with Crippen LogP contribution in [0.25, 0.3) is 0 Å². The van der Waals surface area contributed by atoms with Crippen molar-refractivity contribution in [3.8, 4) is 0 Å². The molecule has 3 fully saturated rings. The molecule has 3 aromatic rings. The van der Waals surface area contributed by atoms with E-state index in [9.17, 15) is 49.7 Å². The second-order valence-corrected chi connectivity index (χ2v) is 15.0. The largest absolute Gasteiger partial charge is 0.449 e. The van der Waals surface area contributed by atoms with Gasteiger partial charge in [0, 0.05) is 24.0 Å². The summed E-state index contributed by atoms with van der Waals surface area (Å²) in [5, 5.41) is 81.7. The minimum Gasteiger partial charge on any atom is -0.449 e. The van der Waals surface area contributed by atoms with E-state index >= 15 is 0 Å². The molecule has 0 aliphatic carbocycles. The molecule has 3 saturated heterocycles. The van der Waals surface area contributed by atoms with Crippen molar-refractivity contribution in [1.29, 1.82) is 0 Å². The van der Waals surface area contributed by atoms with Gasteiger partial charge in [-0.2, -0.15) is 0 Å². The lowest BCUT2D eigenvalue weighted by molar-refractivity contribution is -0.360. The van der Waals surface area contributed by atoms with Crippen molar-refractivity contribution in [2.24, 2.45) is 0 Å². The number of nitrogens with zero attached hydrogens (tertiary/aromatic N) is 5. The minimum atomic E-state index is -1.77. The number of ketones is 1. The first kappa shape index (κ1) is 43.0. The standard InChI is InChI=1S/C36H48FN5O14S/c37-20-9-7-19(8-10-20)26(45)22-18-57-33(38-22)23-6-5-12-42(23)36(51)52-13-4-2-1-3-11-41-14-21(39-40-41)17-53-34-31(50)29(48)32(25(16-44)55-34)56-35-30(49)28(47)27(46)24(15-43)54-35/h7-10,14,18,23-25,27-32,34-35,43-44,46-50H,1-6,11-13,15-17H2/t23-,24?,25?,27-,28?,29?,30-,31-,32+,34+,35-/m0/s1. The lowest BCUT2D eigenvalue weighted by atomic mass is 9.97. The molecule has 3 aliphatic rings. The number of aryl methyl sites for hydroxylation is 1. The second kappa shape index (κ2) is 19.9. The normalized spacial score (nSPS) is 30.5. The van der Waals surface area contributed by atoms with Crippen molar-refractivity contribution in [3.05, 3.63) is 63.6 Å². The van der Waals surface area contributed by atoms with Crippen LogP contribution in [-0.2, 0) is 36.8 Å². The molecule has 6 rings (SSSR count). The summed E-state index contributed by atoms with van der Waals surface area (Å²) in [6.07, 6.45) is -9.76. The number of ether oxygens (including phenoxy) is 5. The Balaban J connectivity index is 0.873. The highest BCUT2D eigenvalue weighted by molar-refractivity contribution is 7.10. The Hall–Kier alpha value is -3.58. The molecule has 7 N–H and O–H groups in total. The number of benzene rings is 1. The Bertz CT molecular complexity index is 1750. The van der Waals surface area contributed by atoms with Crippen molar-refractivity contribution >= 4 is 23.2 Å². The topological polar surface area (TPSA) is 269 Å². The van der Waals surface area contributed by atoms with E-state index in [1.807, 2.05) is 0 Å². The van der Waals surface area contributed by atoms with Crippen LogP contribution in [0.2, 0.25) is 0 Å². The van der Waals surface area contributed by atoms with Crippen molar-refractivity contribution in [3.63, 3.8) is 0 Å². The molecule has 1 aromatic carbocycles. The predicted octanol–water partition coefficient (Wildman–Crippen LogP) is -0.220. The zero-order valence-electron chi connectivity index (χ0n) is 30.8. The lowest BCUT2D eigenvalue weighted by Gasteiger charge is -2.45. The SMILES string of the molecule is O=C(c1ccc(F)cc1)c1csc([C@@H]2CCCN2C(=O)OCCCCCCn2cc(CO[C@@H]3OC(CO)[C@@H](O[C@@H]4OC(CO)[C@H](O)C(O)[C@@H]4O)C(O)[C@@H]3O)nn2)n1. The van der Waals surface area contributed by atoms with Crippen LogP contribution in [0.1, 0.15) is 71.3 Å². The molecule has 19 nitrogen and oxygen atoms in total. The van der Waals surface area contributed by atoms with E-state index in [1.54, 1.807) is 21.2 Å². The van der Waals surface area contributed by atoms with Gasteiger partial charge >= 0.3 is 6.09 Å². The maximum Gasteiger partial charge on any atom is 0.410 e.